The van der Waals surface area contributed by atoms with Gasteiger partial charge in [0.2, 0.25) is 11.8 Å². The number of nitrogens with one attached hydrogen (secondary N) is 1. The van der Waals surface area contributed by atoms with Gasteiger partial charge in [-0.15, -0.1) is 11.8 Å². The van der Waals surface area contributed by atoms with E-state index in [0.29, 0.717) is 18.7 Å². The van der Waals surface area contributed by atoms with Gasteiger partial charge in [0.1, 0.15) is 6.04 Å². The van der Waals surface area contributed by atoms with Gasteiger partial charge in [-0.1, -0.05) is 102 Å². The molecule has 1 saturated carbocycles. The summed E-state index contributed by atoms with van der Waals surface area (Å²) in [6.45, 7) is 0.389. The molecular weight excluding hydrogens is 532 g/mol. The molecule has 0 aliphatic heterocycles. The molecule has 0 aromatic heterocycles. The van der Waals surface area contributed by atoms with Crippen molar-refractivity contribution < 1.29 is 9.59 Å². The molecule has 0 heterocycles. The Kier molecular flexibility index (Phi) is 10.1. The second-order valence-corrected chi connectivity index (χ2v) is 11.2. The first kappa shape index (κ1) is 26.5. The summed E-state index contributed by atoms with van der Waals surface area (Å²) in [5.41, 5.74) is 3.24. The van der Waals surface area contributed by atoms with Crippen molar-refractivity contribution in [3.8, 4) is 0 Å². The molecule has 4 nitrogen and oxygen atoms in total. The number of hydrogen-bond donors (Lipinski definition) is 1. The van der Waals surface area contributed by atoms with E-state index in [0.717, 1.165) is 47.0 Å². The van der Waals surface area contributed by atoms with Crippen molar-refractivity contribution in [2.24, 2.45) is 0 Å². The summed E-state index contributed by atoms with van der Waals surface area (Å²) >= 11 is 5.14. The molecule has 36 heavy (non-hydrogen) atoms. The molecule has 1 N–H and O–H groups in total. The molecular formula is C30H33BrN2O2S. The van der Waals surface area contributed by atoms with E-state index in [9.17, 15) is 9.59 Å². The smallest absolute Gasteiger partial charge is 0.243 e. The van der Waals surface area contributed by atoms with Crippen LogP contribution in [0.25, 0.3) is 0 Å². The molecule has 2 amide bonds. The zero-order valence-electron chi connectivity index (χ0n) is 20.4. The average Bonchev–Trinajstić information content (AvgIpc) is 3.40. The summed E-state index contributed by atoms with van der Waals surface area (Å²) in [5, 5.41) is 3.26. The van der Waals surface area contributed by atoms with Crippen molar-refractivity contribution in [1.29, 1.82) is 0 Å². The maximum absolute atomic E-state index is 13.7. The van der Waals surface area contributed by atoms with Crippen LogP contribution in [0.15, 0.2) is 89.4 Å². The normalized spacial score (nSPS) is 14.4. The van der Waals surface area contributed by atoms with E-state index in [1.54, 1.807) is 16.7 Å². The zero-order chi connectivity index (χ0) is 25.2. The summed E-state index contributed by atoms with van der Waals surface area (Å²) in [5.74, 6) is 1.01. The van der Waals surface area contributed by atoms with Gasteiger partial charge in [0.15, 0.2) is 0 Å². The number of amides is 2. The van der Waals surface area contributed by atoms with E-state index in [2.05, 4.69) is 33.4 Å². The van der Waals surface area contributed by atoms with Gasteiger partial charge in [-0.05, 0) is 41.7 Å². The summed E-state index contributed by atoms with van der Waals surface area (Å²) < 4.78 is 0.959. The van der Waals surface area contributed by atoms with Crippen LogP contribution < -0.4 is 5.32 Å². The Morgan fingerprint density at radius 1 is 0.889 bits per heavy atom. The van der Waals surface area contributed by atoms with Gasteiger partial charge < -0.3 is 10.2 Å². The lowest BCUT2D eigenvalue weighted by Gasteiger charge is -2.32. The summed E-state index contributed by atoms with van der Waals surface area (Å²) in [7, 11) is 0. The van der Waals surface area contributed by atoms with E-state index in [1.165, 1.54) is 5.56 Å². The monoisotopic (exact) mass is 564 g/mol. The van der Waals surface area contributed by atoms with Gasteiger partial charge in [-0.3, -0.25) is 9.59 Å². The molecule has 1 atom stereocenters. The quantitative estimate of drug-likeness (QED) is 0.294. The molecule has 0 spiro atoms. The highest BCUT2D eigenvalue weighted by Gasteiger charge is 2.32. The fourth-order valence-corrected chi connectivity index (χ4v) is 5.98. The SMILES string of the molecule is O=C(NC1CCCC1)[C@H](Cc1ccccc1)N(Cc1cccc(Br)c1)C(=O)CSCc1ccccc1. The third-order valence-corrected chi connectivity index (χ3v) is 8.03. The summed E-state index contributed by atoms with van der Waals surface area (Å²) in [6, 6.07) is 27.8. The number of rotatable bonds is 11. The van der Waals surface area contributed by atoms with Crippen LogP contribution in [-0.2, 0) is 28.3 Å². The van der Waals surface area contributed by atoms with E-state index in [4.69, 9.17) is 0 Å². The molecule has 6 heteroatoms. The lowest BCUT2D eigenvalue weighted by atomic mass is 10.0. The molecule has 0 unspecified atom stereocenters. The number of thioether (sulfide) groups is 1. The van der Waals surface area contributed by atoms with Crippen molar-refractivity contribution >= 4 is 39.5 Å². The Hall–Kier alpha value is -2.57. The van der Waals surface area contributed by atoms with Gasteiger partial charge in [0.05, 0.1) is 5.75 Å². The Labute approximate surface area is 227 Å². The Morgan fingerprint density at radius 2 is 1.53 bits per heavy atom. The maximum atomic E-state index is 13.7. The molecule has 4 rings (SSSR count). The number of hydrogen-bond acceptors (Lipinski definition) is 3. The van der Waals surface area contributed by atoms with Crippen LogP contribution in [0.4, 0.5) is 0 Å². The largest absolute Gasteiger partial charge is 0.352 e. The number of nitrogens with zero attached hydrogens (tertiary/aromatic N) is 1. The molecule has 3 aromatic rings. The minimum atomic E-state index is -0.572. The Bertz CT molecular complexity index is 1120. The van der Waals surface area contributed by atoms with Crippen LogP contribution in [0.1, 0.15) is 42.4 Å². The fraction of sp³-hybridized carbons (Fsp3) is 0.333. The molecule has 1 aliphatic rings. The average molecular weight is 566 g/mol. The number of halogens is 1. The van der Waals surface area contributed by atoms with Gasteiger partial charge in [0, 0.05) is 29.2 Å². The fourth-order valence-electron chi connectivity index (χ4n) is 4.67. The van der Waals surface area contributed by atoms with Crippen LogP contribution in [0.3, 0.4) is 0 Å². The van der Waals surface area contributed by atoms with Crippen LogP contribution in [-0.4, -0.2) is 34.6 Å². The second-order valence-electron chi connectivity index (χ2n) is 9.33. The van der Waals surface area contributed by atoms with Crippen molar-refractivity contribution in [3.63, 3.8) is 0 Å². The van der Waals surface area contributed by atoms with E-state index < -0.39 is 6.04 Å². The highest BCUT2D eigenvalue weighted by Crippen LogP contribution is 2.22. The Morgan fingerprint density at radius 3 is 2.19 bits per heavy atom. The molecule has 0 saturated heterocycles. The molecule has 0 bridgehead atoms. The van der Waals surface area contributed by atoms with Crippen molar-refractivity contribution in [2.45, 2.75) is 56.5 Å². The second kappa shape index (κ2) is 13.7. The van der Waals surface area contributed by atoms with Gasteiger partial charge in [-0.25, -0.2) is 0 Å². The first-order valence-electron chi connectivity index (χ1n) is 12.6. The number of benzene rings is 3. The van der Waals surface area contributed by atoms with E-state index >= 15 is 0 Å². The third kappa shape index (κ3) is 7.97. The number of carbonyl (C=O) groups excluding carboxylic acids is 2. The van der Waals surface area contributed by atoms with Crippen LogP contribution in [0.2, 0.25) is 0 Å². The zero-order valence-corrected chi connectivity index (χ0v) is 22.8. The van der Waals surface area contributed by atoms with Crippen LogP contribution in [0.5, 0.6) is 0 Å². The van der Waals surface area contributed by atoms with E-state index in [-0.39, 0.29) is 17.9 Å². The van der Waals surface area contributed by atoms with Crippen molar-refractivity contribution in [3.05, 3.63) is 106 Å². The predicted molar refractivity (Wildman–Crippen MR) is 152 cm³/mol. The third-order valence-electron chi connectivity index (χ3n) is 6.55. The Balaban J connectivity index is 1.56. The lowest BCUT2D eigenvalue weighted by molar-refractivity contribution is -0.139. The summed E-state index contributed by atoms with van der Waals surface area (Å²) in [4.78, 5) is 29.2. The summed E-state index contributed by atoms with van der Waals surface area (Å²) in [6.07, 6.45) is 4.80. The maximum Gasteiger partial charge on any atom is 0.243 e. The van der Waals surface area contributed by atoms with Crippen molar-refractivity contribution in [1.82, 2.24) is 10.2 Å². The number of carbonyl (C=O) groups is 2. The first-order chi connectivity index (χ1) is 17.6. The molecule has 1 fully saturated rings. The molecule has 0 radical (unpaired) electrons. The van der Waals surface area contributed by atoms with E-state index in [1.807, 2.05) is 72.8 Å². The standard InChI is InChI=1S/C30H33BrN2O2S/c31-26-15-9-14-25(18-26)20-33(29(34)22-36-21-24-12-5-2-6-13-24)28(19-23-10-3-1-4-11-23)30(35)32-27-16-7-8-17-27/h1-6,9-15,18,27-28H,7-8,16-17,19-22H2,(H,32,35)/t28-/m0/s1. The minimum absolute atomic E-state index is 0.0154. The van der Waals surface area contributed by atoms with Crippen molar-refractivity contribution in [2.75, 3.05) is 5.75 Å². The van der Waals surface area contributed by atoms with Gasteiger partial charge in [0.25, 0.3) is 0 Å². The predicted octanol–water partition coefficient (Wildman–Crippen LogP) is 6.38. The van der Waals surface area contributed by atoms with Gasteiger partial charge >= 0.3 is 0 Å². The first-order valence-corrected chi connectivity index (χ1v) is 14.5. The molecule has 3 aromatic carbocycles. The molecule has 188 valence electrons. The van der Waals surface area contributed by atoms with Crippen LogP contribution in [0, 0.1) is 0 Å². The topological polar surface area (TPSA) is 49.4 Å². The molecule has 1 aliphatic carbocycles. The van der Waals surface area contributed by atoms with Crippen LogP contribution >= 0.6 is 27.7 Å². The lowest BCUT2D eigenvalue weighted by Crippen LogP contribution is -2.52. The minimum Gasteiger partial charge on any atom is -0.352 e. The highest BCUT2D eigenvalue weighted by atomic mass is 79.9. The highest BCUT2D eigenvalue weighted by molar-refractivity contribution is 9.10. The van der Waals surface area contributed by atoms with Gasteiger partial charge in [-0.2, -0.15) is 0 Å².